The molecule has 0 aromatic heterocycles. The Kier molecular flexibility index (Phi) is 2.69. The zero-order valence-corrected chi connectivity index (χ0v) is 6.69. The van der Waals surface area contributed by atoms with E-state index in [0.29, 0.717) is 6.61 Å². The highest BCUT2D eigenvalue weighted by Crippen LogP contribution is 2.28. The molecule has 1 aliphatic rings. The Morgan fingerprint density at radius 3 is 2.70 bits per heavy atom. The van der Waals surface area contributed by atoms with Gasteiger partial charge in [-0.25, -0.2) is 0 Å². The summed E-state index contributed by atoms with van der Waals surface area (Å²) in [7, 11) is 0. The number of hydrogen-bond donors (Lipinski definition) is 2. The summed E-state index contributed by atoms with van der Waals surface area (Å²) in [5.41, 5.74) is 0.207. The molecule has 0 bridgehead atoms. The van der Waals surface area contributed by atoms with Gasteiger partial charge in [-0.2, -0.15) is 0 Å². The van der Waals surface area contributed by atoms with Crippen LogP contribution in [0.4, 0.5) is 0 Å². The molecule has 0 radical (unpaired) electrons. The van der Waals surface area contributed by atoms with Crippen LogP contribution in [0.1, 0.15) is 26.2 Å². The second-order valence-corrected chi connectivity index (χ2v) is 3.29. The van der Waals surface area contributed by atoms with Gasteiger partial charge in [0.25, 0.3) is 0 Å². The van der Waals surface area contributed by atoms with E-state index in [1.807, 2.05) is 0 Å². The molecule has 10 heavy (non-hydrogen) atoms. The van der Waals surface area contributed by atoms with Gasteiger partial charge in [-0.15, -0.1) is 0 Å². The molecule has 2 heteroatoms. The molecular weight excluding hydrogens is 126 g/mol. The first-order valence-corrected chi connectivity index (χ1v) is 4.14. The van der Waals surface area contributed by atoms with Gasteiger partial charge < -0.3 is 10.4 Å². The second kappa shape index (κ2) is 3.35. The van der Waals surface area contributed by atoms with Crippen LogP contribution >= 0.6 is 0 Å². The Morgan fingerprint density at radius 1 is 1.60 bits per heavy atom. The van der Waals surface area contributed by atoms with E-state index in [-0.39, 0.29) is 5.41 Å². The third-order valence-electron chi connectivity index (χ3n) is 2.65. The molecule has 0 aromatic rings. The fraction of sp³-hybridized carbons (Fsp3) is 1.00. The first-order valence-electron chi connectivity index (χ1n) is 4.14. The highest BCUT2D eigenvalue weighted by molar-refractivity contribution is 4.83. The lowest BCUT2D eigenvalue weighted by atomic mass is 9.79. The van der Waals surface area contributed by atoms with E-state index in [9.17, 15) is 0 Å². The van der Waals surface area contributed by atoms with Gasteiger partial charge in [-0.05, 0) is 25.8 Å². The molecule has 0 saturated carbocycles. The summed E-state index contributed by atoms with van der Waals surface area (Å²) in [5, 5.41) is 12.4. The van der Waals surface area contributed by atoms with E-state index in [1.165, 1.54) is 12.8 Å². The van der Waals surface area contributed by atoms with Crippen molar-refractivity contribution in [1.82, 2.24) is 5.32 Å². The molecule has 0 aromatic carbocycles. The van der Waals surface area contributed by atoms with Crippen LogP contribution < -0.4 is 5.32 Å². The van der Waals surface area contributed by atoms with Crippen LogP contribution in [0.25, 0.3) is 0 Å². The van der Waals surface area contributed by atoms with Crippen molar-refractivity contribution in [1.29, 1.82) is 0 Å². The molecule has 1 saturated heterocycles. The molecule has 1 fully saturated rings. The van der Waals surface area contributed by atoms with E-state index in [1.54, 1.807) is 0 Å². The van der Waals surface area contributed by atoms with Crippen molar-refractivity contribution < 1.29 is 5.11 Å². The smallest absolute Gasteiger partial charge is 0.0499 e. The summed E-state index contributed by atoms with van der Waals surface area (Å²) in [5.74, 6) is 0. The van der Waals surface area contributed by atoms with Crippen molar-refractivity contribution in [2.75, 3.05) is 19.7 Å². The monoisotopic (exact) mass is 143 g/mol. The summed E-state index contributed by atoms with van der Waals surface area (Å²) < 4.78 is 0. The molecule has 1 atom stereocenters. The van der Waals surface area contributed by atoms with Crippen molar-refractivity contribution >= 4 is 0 Å². The van der Waals surface area contributed by atoms with Crippen molar-refractivity contribution in [3.8, 4) is 0 Å². The SMILES string of the molecule is CC[C@]1(CO)CCCNC1. The molecule has 0 aliphatic carbocycles. The van der Waals surface area contributed by atoms with Crippen LogP contribution in [0.15, 0.2) is 0 Å². The van der Waals surface area contributed by atoms with Crippen molar-refractivity contribution in [3.05, 3.63) is 0 Å². The molecule has 2 N–H and O–H groups in total. The van der Waals surface area contributed by atoms with Crippen LogP contribution in [0.2, 0.25) is 0 Å². The van der Waals surface area contributed by atoms with Gasteiger partial charge in [0.05, 0.1) is 0 Å². The van der Waals surface area contributed by atoms with E-state index in [0.717, 1.165) is 19.5 Å². The van der Waals surface area contributed by atoms with Gasteiger partial charge >= 0.3 is 0 Å². The second-order valence-electron chi connectivity index (χ2n) is 3.29. The first-order chi connectivity index (χ1) is 4.83. The number of hydrogen-bond acceptors (Lipinski definition) is 2. The van der Waals surface area contributed by atoms with Crippen LogP contribution in [0.5, 0.6) is 0 Å². The minimum absolute atomic E-state index is 0.207. The summed E-state index contributed by atoms with van der Waals surface area (Å²) in [6.45, 7) is 4.63. The lowest BCUT2D eigenvalue weighted by Gasteiger charge is -2.34. The molecule has 60 valence electrons. The third-order valence-corrected chi connectivity index (χ3v) is 2.65. The molecule has 2 nitrogen and oxygen atoms in total. The molecule has 0 amide bonds. The van der Waals surface area contributed by atoms with Crippen molar-refractivity contribution in [2.24, 2.45) is 5.41 Å². The number of aliphatic hydroxyl groups excluding tert-OH is 1. The average Bonchev–Trinajstić information content (AvgIpc) is 2.06. The normalized spacial score (nSPS) is 34.2. The van der Waals surface area contributed by atoms with Gasteiger partial charge in [0.1, 0.15) is 0 Å². The Balaban J connectivity index is 2.44. The highest BCUT2D eigenvalue weighted by Gasteiger charge is 2.28. The zero-order chi connectivity index (χ0) is 7.45. The predicted molar refractivity (Wildman–Crippen MR) is 41.9 cm³/mol. The summed E-state index contributed by atoms with van der Waals surface area (Å²) >= 11 is 0. The summed E-state index contributed by atoms with van der Waals surface area (Å²) in [4.78, 5) is 0. The Labute approximate surface area is 62.6 Å². The lowest BCUT2D eigenvalue weighted by molar-refractivity contribution is 0.0908. The van der Waals surface area contributed by atoms with E-state index >= 15 is 0 Å². The minimum atomic E-state index is 0.207. The summed E-state index contributed by atoms with van der Waals surface area (Å²) in [6, 6.07) is 0. The molecule has 0 spiro atoms. The number of nitrogens with one attached hydrogen (secondary N) is 1. The maximum absolute atomic E-state index is 9.10. The van der Waals surface area contributed by atoms with Gasteiger partial charge in [0.2, 0.25) is 0 Å². The average molecular weight is 143 g/mol. The van der Waals surface area contributed by atoms with E-state index < -0.39 is 0 Å². The van der Waals surface area contributed by atoms with Crippen LogP contribution in [-0.2, 0) is 0 Å². The van der Waals surface area contributed by atoms with Crippen molar-refractivity contribution in [3.63, 3.8) is 0 Å². The number of piperidine rings is 1. The van der Waals surface area contributed by atoms with Crippen LogP contribution in [0.3, 0.4) is 0 Å². The molecular formula is C8H17NO. The van der Waals surface area contributed by atoms with E-state index in [2.05, 4.69) is 12.2 Å². The zero-order valence-electron chi connectivity index (χ0n) is 6.69. The van der Waals surface area contributed by atoms with Crippen LogP contribution in [-0.4, -0.2) is 24.8 Å². The Bertz CT molecular complexity index is 91.4. The number of aliphatic hydroxyl groups is 1. The van der Waals surface area contributed by atoms with E-state index in [4.69, 9.17) is 5.11 Å². The van der Waals surface area contributed by atoms with Gasteiger partial charge in [-0.1, -0.05) is 6.92 Å². The minimum Gasteiger partial charge on any atom is -0.396 e. The molecule has 1 rings (SSSR count). The quantitative estimate of drug-likeness (QED) is 0.598. The maximum atomic E-state index is 9.10. The standard InChI is InChI=1S/C8H17NO/c1-2-8(7-10)4-3-5-9-6-8/h9-10H,2-7H2,1H3/t8-/m0/s1. The number of rotatable bonds is 2. The summed E-state index contributed by atoms with van der Waals surface area (Å²) in [6.07, 6.45) is 3.50. The third kappa shape index (κ3) is 1.50. The largest absolute Gasteiger partial charge is 0.396 e. The topological polar surface area (TPSA) is 32.3 Å². The Hall–Kier alpha value is -0.0800. The molecule has 1 aliphatic heterocycles. The first kappa shape index (κ1) is 8.02. The lowest BCUT2D eigenvalue weighted by Crippen LogP contribution is -2.41. The Morgan fingerprint density at radius 2 is 2.40 bits per heavy atom. The van der Waals surface area contributed by atoms with Gasteiger partial charge in [-0.3, -0.25) is 0 Å². The molecule has 0 unspecified atom stereocenters. The predicted octanol–water partition coefficient (Wildman–Crippen LogP) is 0.759. The van der Waals surface area contributed by atoms with Crippen LogP contribution in [0, 0.1) is 5.41 Å². The van der Waals surface area contributed by atoms with Crippen molar-refractivity contribution in [2.45, 2.75) is 26.2 Å². The van der Waals surface area contributed by atoms with Gasteiger partial charge in [0, 0.05) is 18.6 Å². The fourth-order valence-electron chi connectivity index (χ4n) is 1.58. The fourth-order valence-corrected chi connectivity index (χ4v) is 1.58. The molecule has 1 heterocycles. The van der Waals surface area contributed by atoms with Gasteiger partial charge in [0.15, 0.2) is 0 Å². The maximum Gasteiger partial charge on any atom is 0.0499 e. The highest BCUT2D eigenvalue weighted by atomic mass is 16.3.